The SMILES string of the molecule is COC1CCOCC1n1cc(C(F)(F)F)cc(N=C=S)c1=O. The summed E-state index contributed by atoms with van der Waals surface area (Å²) in [6.07, 6.45) is -3.79. The van der Waals surface area contributed by atoms with Crippen LogP contribution in [-0.4, -0.2) is 36.2 Å². The number of halogens is 3. The summed E-state index contributed by atoms with van der Waals surface area (Å²) in [7, 11) is 1.44. The molecule has 0 spiro atoms. The lowest BCUT2D eigenvalue weighted by atomic mass is 10.1. The third-order valence-corrected chi connectivity index (χ3v) is 3.53. The summed E-state index contributed by atoms with van der Waals surface area (Å²) >= 11 is 4.38. The van der Waals surface area contributed by atoms with Gasteiger partial charge in [0.05, 0.1) is 29.5 Å². The van der Waals surface area contributed by atoms with Gasteiger partial charge in [0.25, 0.3) is 5.56 Å². The van der Waals surface area contributed by atoms with Crippen LogP contribution in [-0.2, 0) is 15.7 Å². The average Bonchev–Trinajstić information content (AvgIpc) is 2.48. The predicted molar refractivity (Wildman–Crippen MR) is 75.7 cm³/mol. The monoisotopic (exact) mass is 334 g/mol. The van der Waals surface area contributed by atoms with E-state index in [-0.39, 0.29) is 6.61 Å². The highest BCUT2D eigenvalue weighted by Crippen LogP contribution is 2.32. The molecule has 5 nitrogen and oxygen atoms in total. The highest BCUT2D eigenvalue weighted by Gasteiger charge is 2.35. The molecule has 120 valence electrons. The second-order valence-electron chi connectivity index (χ2n) is 4.73. The molecule has 2 rings (SSSR count). The Labute approximate surface area is 129 Å². The van der Waals surface area contributed by atoms with Crippen LogP contribution in [0.25, 0.3) is 0 Å². The topological polar surface area (TPSA) is 52.8 Å². The Bertz CT molecular complexity index is 653. The molecule has 2 heterocycles. The van der Waals surface area contributed by atoms with Crippen molar-refractivity contribution in [3.05, 3.63) is 28.2 Å². The third-order valence-electron chi connectivity index (χ3n) is 3.44. The maximum atomic E-state index is 13.0. The number of nitrogens with zero attached hydrogens (tertiary/aromatic N) is 2. The molecule has 1 aliphatic heterocycles. The maximum absolute atomic E-state index is 13.0. The van der Waals surface area contributed by atoms with Crippen LogP contribution in [0.2, 0.25) is 0 Å². The van der Waals surface area contributed by atoms with Gasteiger partial charge in [-0.3, -0.25) is 4.79 Å². The summed E-state index contributed by atoms with van der Waals surface area (Å²) in [5.41, 5.74) is -2.09. The van der Waals surface area contributed by atoms with Crippen LogP contribution in [0, 0.1) is 0 Å². The fraction of sp³-hybridized carbons (Fsp3) is 0.538. The molecule has 0 saturated carbocycles. The number of aliphatic imine (C=N–C) groups is 1. The van der Waals surface area contributed by atoms with Gasteiger partial charge in [0.1, 0.15) is 5.69 Å². The molecule has 0 aromatic carbocycles. The van der Waals surface area contributed by atoms with Crippen LogP contribution in [0.5, 0.6) is 0 Å². The van der Waals surface area contributed by atoms with E-state index < -0.39 is 35.1 Å². The molecule has 0 N–H and O–H groups in total. The molecule has 1 saturated heterocycles. The van der Waals surface area contributed by atoms with Crippen molar-refractivity contribution in [2.24, 2.45) is 4.99 Å². The van der Waals surface area contributed by atoms with Gasteiger partial charge in [-0.15, -0.1) is 0 Å². The molecule has 9 heteroatoms. The molecule has 1 aromatic rings. The fourth-order valence-corrected chi connectivity index (χ4v) is 2.45. The Morgan fingerprint density at radius 1 is 1.55 bits per heavy atom. The summed E-state index contributed by atoms with van der Waals surface area (Å²) in [6.45, 7) is 0.508. The number of pyridine rings is 1. The fourth-order valence-electron chi connectivity index (χ4n) is 2.36. The van der Waals surface area contributed by atoms with Crippen molar-refractivity contribution in [1.82, 2.24) is 4.57 Å². The molecule has 0 radical (unpaired) electrons. The van der Waals surface area contributed by atoms with E-state index in [4.69, 9.17) is 9.47 Å². The normalized spacial score (nSPS) is 22.2. The smallest absolute Gasteiger partial charge is 0.379 e. The van der Waals surface area contributed by atoms with Crippen LogP contribution >= 0.6 is 12.2 Å². The first-order valence-electron chi connectivity index (χ1n) is 6.40. The molecule has 0 bridgehead atoms. The maximum Gasteiger partial charge on any atom is 0.417 e. The molecular formula is C13H13F3N2O3S. The van der Waals surface area contributed by atoms with E-state index in [1.54, 1.807) is 0 Å². The van der Waals surface area contributed by atoms with E-state index in [2.05, 4.69) is 17.2 Å². The van der Waals surface area contributed by atoms with Gasteiger partial charge >= 0.3 is 6.18 Å². The lowest BCUT2D eigenvalue weighted by Gasteiger charge is -2.32. The van der Waals surface area contributed by atoms with Crippen molar-refractivity contribution >= 4 is 23.1 Å². The summed E-state index contributed by atoms with van der Waals surface area (Å²) in [6, 6.07) is -0.00323. The molecule has 0 aliphatic carbocycles. The molecule has 1 fully saturated rings. The highest BCUT2D eigenvalue weighted by molar-refractivity contribution is 7.78. The van der Waals surface area contributed by atoms with Gasteiger partial charge in [0.15, 0.2) is 0 Å². The minimum absolute atomic E-state index is 0.0838. The minimum atomic E-state index is -4.61. The first kappa shape index (κ1) is 16.8. The quantitative estimate of drug-likeness (QED) is 0.630. The van der Waals surface area contributed by atoms with Crippen molar-refractivity contribution < 1.29 is 22.6 Å². The van der Waals surface area contributed by atoms with Gasteiger partial charge in [-0.25, -0.2) is 0 Å². The third kappa shape index (κ3) is 3.44. The number of hydrogen-bond donors (Lipinski definition) is 0. The summed E-state index contributed by atoms with van der Waals surface area (Å²) < 4.78 is 50.5. The van der Waals surface area contributed by atoms with Crippen molar-refractivity contribution in [3.63, 3.8) is 0 Å². The molecule has 2 atom stereocenters. The lowest BCUT2D eigenvalue weighted by molar-refractivity contribution is -0.138. The molecule has 2 unspecified atom stereocenters. The molecule has 1 aliphatic rings. The second-order valence-corrected chi connectivity index (χ2v) is 4.91. The first-order valence-corrected chi connectivity index (χ1v) is 6.81. The standard InChI is InChI=1S/C13H13F3N2O3S/c1-20-11-2-3-21-6-10(11)18-5-8(13(14,15)16)4-9(12(18)19)17-7-22/h4-5,10-11H,2-3,6H2,1H3. The van der Waals surface area contributed by atoms with Crippen LogP contribution in [0.4, 0.5) is 18.9 Å². The lowest BCUT2D eigenvalue weighted by Crippen LogP contribution is -2.40. The number of aromatic nitrogens is 1. The van der Waals surface area contributed by atoms with Crippen molar-refractivity contribution in [2.45, 2.75) is 24.7 Å². The zero-order chi connectivity index (χ0) is 16.3. The Morgan fingerprint density at radius 2 is 2.27 bits per heavy atom. The van der Waals surface area contributed by atoms with Crippen molar-refractivity contribution in [1.29, 1.82) is 0 Å². The van der Waals surface area contributed by atoms with Gasteiger partial charge in [0, 0.05) is 19.9 Å². The number of thiocarbonyl (C=S) groups is 1. The van der Waals surface area contributed by atoms with E-state index in [0.29, 0.717) is 19.1 Å². The highest BCUT2D eigenvalue weighted by atomic mass is 32.1. The number of methoxy groups -OCH3 is 1. The Kier molecular flexibility index (Phi) is 5.12. The zero-order valence-electron chi connectivity index (χ0n) is 11.6. The van der Waals surface area contributed by atoms with Gasteiger partial charge in [0.2, 0.25) is 0 Å². The zero-order valence-corrected chi connectivity index (χ0v) is 12.4. The van der Waals surface area contributed by atoms with E-state index in [1.807, 2.05) is 5.16 Å². The molecule has 22 heavy (non-hydrogen) atoms. The average molecular weight is 334 g/mol. The first-order chi connectivity index (χ1) is 10.4. The van der Waals surface area contributed by atoms with Gasteiger partial charge < -0.3 is 14.0 Å². The Morgan fingerprint density at radius 3 is 2.86 bits per heavy atom. The number of ether oxygens (including phenoxy) is 2. The van der Waals surface area contributed by atoms with Crippen molar-refractivity contribution in [3.8, 4) is 0 Å². The van der Waals surface area contributed by atoms with Crippen LogP contribution < -0.4 is 5.56 Å². The minimum Gasteiger partial charge on any atom is -0.379 e. The Hall–Kier alpha value is -1.54. The van der Waals surface area contributed by atoms with E-state index in [0.717, 1.165) is 10.8 Å². The number of isothiocyanates is 1. The number of rotatable bonds is 3. The second kappa shape index (κ2) is 6.70. The van der Waals surface area contributed by atoms with Gasteiger partial charge in [-0.05, 0) is 24.7 Å². The molecule has 0 amide bonds. The van der Waals surface area contributed by atoms with Gasteiger partial charge in [-0.2, -0.15) is 18.2 Å². The number of hydrogen-bond acceptors (Lipinski definition) is 5. The van der Waals surface area contributed by atoms with E-state index >= 15 is 0 Å². The van der Waals surface area contributed by atoms with Crippen LogP contribution in [0.3, 0.4) is 0 Å². The van der Waals surface area contributed by atoms with Gasteiger partial charge in [-0.1, -0.05) is 0 Å². The summed E-state index contributed by atoms with van der Waals surface area (Å²) in [4.78, 5) is 15.7. The summed E-state index contributed by atoms with van der Waals surface area (Å²) in [5.74, 6) is 0. The number of alkyl halides is 3. The summed E-state index contributed by atoms with van der Waals surface area (Å²) in [5, 5.41) is 1.92. The largest absolute Gasteiger partial charge is 0.417 e. The molecular weight excluding hydrogens is 321 g/mol. The van der Waals surface area contributed by atoms with E-state index in [9.17, 15) is 18.0 Å². The van der Waals surface area contributed by atoms with E-state index in [1.165, 1.54) is 7.11 Å². The Balaban J connectivity index is 2.60. The van der Waals surface area contributed by atoms with Crippen LogP contribution in [0.15, 0.2) is 22.1 Å². The molecule has 1 aromatic heterocycles. The van der Waals surface area contributed by atoms with Crippen molar-refractivity contribution in [2.75, 3.05) is 20.3 Å². The predicted octanol–water partition coefficient (Wildman–Crippen LogP) is 2.58. The van der Waals surface area contributed by atoms with Crippen LogP contribution in [0.1, 0.15) is 18.0 Å².